The average Bonchev–Trinajstić information content (AvgIpc) is 2.01. The summed E-state index contributed by atoms with van der Waals surface area (Å²) in [6.07, 6.45) is 0.516. The van der Waals surface area contributed by atoms with Crippen molar-refractivity contribution < 1.29 is 18.7 Å². The van der Waals surface area contributed by atoms with Gasteiger partial charge in [-0.15, -0.1) is 0 Å². The maximum atomic E-state index is 12.6. The first-order valence-corrected chi connectivity index (χ1v) is 4.26. The predicted octanol–water partition coefficient (Wildman–Crippen LogP) is 0.625. The average molecular weight is 193 g/mol. The van der Waals surface area contributed by atoms with Gasteiger partial charge in [0.25, 0.3) is 5.91 Å². The van der Waals surface area contributed by atoms with Crippen molar-refractivity contribution in [2.45, 2.75) is 31.8 Å². The lowest BCUT2D eigenvalue weighted by atomic mass is 10.1. The first kappa shape index (κ1) is 10.4. The van der Waals surface area contributed by atoms with Gasteiger partial charge in [-0.25, -0.2) is 0 Å². The molecule has 1 N–H and O–H groups in total. The van der Waals surface area contributed by atoms with Crippen LogP contribution < -0.4 is 0 Å². The molecule has 0 aromatic carbocycles. The Balaban J connectivity index is 2.56. The number of amides is 1. The first-order chi connectivity index (χ1) is 5.91. The van der Waals surface area contributed by atoms with E-state index in [1.165, 1.54) is 0 Å². The van der Waals surface area contributed by atoms with Crippen LogP contribution in [0.5, 0.6) is 0 Å². The number of alkyl halides is 2. The summed E-state index contributed by atoms with van der Waals surface area (Å²) in [7, 11) is 0. The number of nitrogens with zero attached hydrogens (tertiary/aromatic N) is 1. The summed E-state index contributed by atoms with van der Waals surface area (Å²) in [5.41, 5.74) is 0. The molecule has 0 aromatic rings. The van der Waals surface area contributed by atoms with Crippen LogP contribution in [0.1, 0.15) is 19.8 Å². The number of rotatable bonds is 1. The number of β-amino-alcohol motifs (C(OH)–C–C–N with tert-alkyl or cyclic N) is 1. The van der Waals surface area contributed by atoms with Crippen LogP contribution in [0.25, 0.3) is 0 Å². The van der Waals surface area contributed by atoms with E-state index >= 15 is 0 Å². The predicted molar refractivity (Wildman–Crippen MR) is 42.4 cm³/mol. The third kappa shape index (κ3) is 2.62. The second-order valence-electron chi connectivity index (χ2n) is 3.44. The fraction of sp³-hybridized carbons (Fsp3) is 0.875. The summed E-state index contributed by atoms with van der Waals surface area (Å²) in [6.45, 7) is 0.928. The number of hydrogen-bond donors (Lipinski definition) is 1. The number of likely N-dealkylation sites (tertiary alicyclic amines) is 1. The van der Waals surface area contributed by atoms with Gasteiger partial charge < -0.3 is 10.0 Å². The van der Waals surface area contributed by atoms with E-state index in [2.05, 4.69) is 0 Å². The van der Waals surface area contributed by atoms with E-state index in [4.69, 9.17) is 5.11 Å². The fourth-order valence-corrected chi connectivity index (χ4v) is 1.42. The van der Waals surface area contributed by atoms with E-state index in [0.717, 1.165) is 4.90 Å². The summed E-state index contributed by atoms with van der Waals surface area (Å²) in [5.74, 6) is -4.51. The number of carbonyl (C=O) groups excluding carboxylic acids is 1. The van der Waals surface area contributed by atoms with E-state index in [1.54, 1.807) is 0 Å². The smallest absolute Gasteiger partial charge is 0.322 e. The molecular formula is C8H13F2NO2. The minimum absolute atomic E-state index is 0.0300. The zero-order valence-corrected chi connectivity index (χ0v) is 7.46. The van der Waals surface area contributed by atoms with Gasteiger partial charge in [-0.2, -0.15) is 8.78 Å². The van der Waals surface area contributed by atoms with Crippen molar-refractivity contribution in [3.63, 3.8) is 0 Å². The lowest BCUT2D eigenvalue weighted by Gasteiger charge is -2.31. The van der Waals surface area contributed by atoms with E-state index in [-0.39, 0.29) is 6.54 Å². The number of aliphatic hydroxyl groups excluding tert-OH is 1. The van der Waals surface area contributed by atoms with E-state index in [1.807, 2.05) is 0 Å². The van der Waals surface area contributed by atoms with Crippen molar-refractivity contribution in [3.05, 3.63) is 0 Å². The van der Waals surface area contributed by atoms with E-state index in [0.29, 0.717) is 26.3 Å². The van der Waals surface area contributed by atoms with Crippen molar-refractivity contribution >= 4 is 5.91 Å². The van der Waals surface area contributed by atoms with Gasteiger partial charge in [0, 0.05) is 20.0 Å². The Hall–Kier alpha value is -0.710. The molecule has 1 atom stereocenters. The van der Waals surface area contributed by atoms with Crippen LogP contribution in [0.4, 0.5) is 8.78 Å². The van der Waals surface area contributed by atoms with Gasteiger partial charge in [-0.05, 0) is 12.8 Å². The van der Waals surface area contributed by atoms with Crippen molar-refractivity contribution in [3.8, 4) is 0 Å². The van der Waals surface area contributed by atoms with Crippen molar-refractivity contribution in [1.82, 2.24) is 4.90 Å². The lowest BCUT2D eigenvalue weighted by molar-refractivity contribution is -0.157. The molecule has 0 spiro atoms. The zero-order valence-electron chi connectivity index (χ0n) is 7.46. The molecule has 1 amide bonds. The molecular weight excluding hydrogens is 180 g/mol. The largest absolute Gasteiger partial charge is 0.391 e. The number of aliphatic hydroxyl groups is 1. The van der Waals surface area contributed by atoms with Gasteiger partial charge in [0.15, 0.2) is 0 Å². The second-order valence-corrected chi connectivity index (χ2v) is 3.44. The molecule has 0 radical (unpaired) electrons. The Morgan fingerprint density at radius 1 is 1.62 bits per heavy atom. The monoisotopic (exact) mass is 193 g/mol. The highest BCUT2D eigenvalue weighted by atomic mass is 19.3. The van der Waals surface area contributed by atoms with E-state index in [9.17, 15) is 13.6 Å². The van der Waals surface area contributed by atoms with Crippen LogP contribution in [-0.4, -0.2) is 41.0 Å². The lowest BCUT2D eigenvalue weighted by Crippen LogP contribution is -2.48. The second kappa shape index (κ2) is 3.57. The summed E-state index contributed by atoms with van der Waals surface area (Å²) >= 11 is 0. The molecule has 5 heteroatoms. The quantitative estimate of drug-likeness (QED) is 0.663. The normalized spacial score (nSPS) is 24.6. The summed E-state index contributed by atoms with van der Waals surface area (Å²) < 4.78 is 25.1. The highest BCUT2D eigenvalue weighted by Gasteiger charge is 2.38. The molecule has 1 saturated heterocycles. The van der Waals surface area contributed by atoms with E-state index < -0.39 is 17.9 Å². The maximum absolute atomic E-state index is 12.6. The zero-order chi connectivity index (χ0) is 10.1. The Labute approximate surface area is 75.3 Å². The SMILES string of the molecule is CC(F)(F)C(=O)N1CCC[C@H](O)C1. The third-order valence-electron chi connectivity index (χ3n) is 2.06. The molecule has 1 heterocycles. The maximum Gasteiger partial charge on any atom is 0.322 e. The van der Waals surface area contributed by atoms with Crippen LogP contribution >= 0.6 is 0 Å². The minimum atomic E-state index is -3.32. The van der Waals surface area contributed by atoms with Gasteiger partial charge in [0.05, 0.1) is 6.10 Å². The Morgan fingerprint density at radius 3 is 2.69 bits per heavy atom. The first-order valence-electron chi connectivity index (χ1n) is 4.26. The van der Waals surface area contributed by atoms with Crippen LogP contribution in [0.3, 0.4) is 0 Å². The summed E-state index contributed by atoms with van der Waals surface area (Å²) in [6, 6.07) is 0. The van der Waals surface area contributed by atoms with Crippen LogP contribution in [0.15, 0.2) is 0 Å². The molecule has 0 unspecified atom stereocenters. The Bertz CT molecular complexity index is 203. The molecule has 13 heavy (non-hydrogen) atoms. The molecule has 1 fully saturated rings. The van der Waals surface area contributed by atoms with Gasteiger partial charge >= 0.3 is 5.92 Å². The third-order valence-corrected chi connectivity index (χ3v) is 2.06. The highest BCUT2D eigenvalue weighted by Crippen LogP contribution is 2.19. The highest BCUT2D eigenvalue weighted by molar-refractivity contribution is 5.83. The summed E-state index contributed by atoms with van der Waals surface area (Å²) in [4.78, 5) is 12.1. The Kier molecular flexibility index (Phi) is 2.85. The number of piperidine rings is 1. The molecule has 0 aliphatic carbocycles. The van der Waals surface area contributed by atoms with Crippen LogP contribution in [-0.2, 0) is 4.79 Å². The fourth-order valence-electron chi connectivity index (χ4n) is 1.42. The van der Waals surface area contributed by atoms with Gasteiger partial charge in [0.2, 0.25) is 0 Å². The molecule has 0 saturated carbocycles. The van der Waals surface area contributed by atoms with Crippen molar-refractivity contribution in [2.75, 3.05) is 13.1 Å². The van der Waals surface area contributed by atoms with Crippen molar-refractivity contribution in [2.24, 2.45) is 0 Å². The number of halogens is 2. The molecule has 1 aliphatic heterocycles. The Morgan fingerprint density at radius 2 is 2.23 bits per heavy atom. The van der Waals surface area contributed by atoms with Crippen LogP contribution in [0, 0.1) is 0 Å². The van der Waals surface area contributed by atoms with Gasteiger partial charge in [-0.1, -0.05) is 0 Å². The van der Waals surface area contributed by atoms with Gasteiger partial charge in [-0.3, -0.25) is 4.79 Å². The van der Waals surface area contributed by atoms with Crippen LogP contribution in [0.2, 0.25) is 0 Å². The molecule has 3 nitrogen and oxygen atoms in total. The standard InChI is InChI=1S/C8H13F2NO2/c1-8(9,10)7(13)11-4-2-3-6(12)5-11/h6,12H,2-5H2,1H3/t6-/m0/s1. The molecule has 1 aliphatic rings. The molecule has 1 rings (SSSR count). The van der Waals surface area contributed by atoms with Crippen molar-refractivity contribution in [1.29, 1.82) is 0 Å². The molecule has 0 bridgehead atoms. The molecule has 76 valence electrons. The minimum Gasteiger partial charge on any atom is -0.391 e. The van der Waals surface area contributed by atoms with Gasteiger partial charge in [0.1, 0.15) is 0 Å². The molecule has 0 aromatic heterocycles. The summed E-state index contributed by atoms with van der Waals surface area (Å²) in [5, 5.41) is 9.16. The topological polar surface area (TPSA) is 40.5 Å². The number of hydrogen-bond acceptors (Lipinski definition) is 2. The number of carbonyl (C=O) groups is 1.